The van der Waals surface area contributed by atoms with Crippen molar-refractivity contribution in [3.05, 3.63) is 25.9 Å². The van der Waals surface area contributed by atoms with Gasteiger partial charge < -0.3 is 4.74 Å². The van der Waals surface area contributed by atoms with Gasteiger partial charge in [0.25, 0.3) is 0 Å². The number of benzene rings is 1. The zero-order valence-electron chi connectivity index (χ0n) is 10.8. The maximum atomic E-state index is 5.86. The van der Waals surface area contributed by atoms with Gasteiger partial charge in [-0.25, -0.2) is 4.68 Å². The van der Waals surface area contributed by atoms with Crippen LogP contribution in [0.4, 0.5) is 0 Å². The molecule has 102 valence electrons. The van der Waals surface area contributed by atoms with E-state index in [2.05, 4.69) is 61.3 Å². The van der Waals surface area contributed by atoms with Gasteiger partial charge >= 0.3 is 0 Å². The van der Waals surface area contributed by atoms with Crippen LogP contribution in [-0.4, -0.2) is 16.4 Å². The molecular weight excluding hydrogens is 419 g/mol. The molecule has 5 heteroatoms. The second-order valence-electron chi connectivity index (χ2n) is 4.86. The van der Waals surface area contributed by atoms with Crippen LogP contribution in [0.25, 0.3) is 10.9 Å². The molecule has 1 aliphatic heterocycles. The standard InChI is InChI=1S/C14H16BrIN2O/c1-2-9-7-11-10(13(15)14(9)16)8-17-18(11)12-5-3-4-6-19-12/h7-8,12H,2-6H2,1H3. The van der Waals surface area contributed by atoms with Crippen LogP contribution in [0.5, 0.6) is 0 Å². The summed E-state index contributed by atoms with van der Waals surface area (Å²) >= 11 is 6.11. The molecular formula is C14H16BrIN2O. The molecule has 1 atom stereocenters. The molecule has 1 aromatic heterocycles. The third kappa shape index (κ3) is 2.45. The maximum absolute atomic E-state index is 5.86. The van der Waals surface area contributed by atoms with E-state index in [9.17, 15) is 0 Å². The van der Waals surface area contributed by atoms with Gasteiger partial charge in [0.05, 0.1) is 11.7 Å². The molecule has 1 unspecified atom stereocenters. The second-order valence-corrected chi connectivity index (χ2v) is 6.73. The Morgan fingerprint density at radius 1 is 1.53 bits per heavy atom. The van der Waals surface area contributed by atoms with Crippen LogP contribution in [0, 0.1) is 3.57 Å². The van der Waals surface area contributed by atoms with Crippen LogP contribution in [-0.2, 0) is 11.2 Å². The first kappa shape index (κ1) is 13.8. The Morgan fingerprint density at radius 2 is 2.37 bits per heavy atom. The predicted molar refractivity (Wildman–Crippen MR) is 88.4 cm³/mol. The Kier molecular flexibility index (Phi) is 4.14. The van der Waals surface area contributed by atoms with Crippen LogP contribution in [0.15, 0.2) is 16.7 Å². The molecule has 2 aromatic rings. The summed E-state index contributed by atoms with van der Waals surface area (Å²) in [7, 11) is 0. The average Bonchev–Trinajstić information content (AvgIpc) is 2.87. The van der Waals surface area contributed by atoms with Gasteiger partial charge in [0.1, 0.15) is 0 Å². The number of aryl methyl sites for hydroxylation is 1. The number of hydrogen-bond donors (Lipinski definition) is 0. The molecule has 0 saturated carbocycles. The van der Waals surface area contributed by atoms with Crippen LogP contribution >= 0.6 is 38.5 Å². The van der Waals surface area contributed by atoms with Gasteiger partial charge in [-0.15, -0.1) is 0 Å². The van der Waals surface area contributed by atoms with Crippen molar-refractivity contribution in [2.45, 2.75) is 38.8 Å². The van der Waals surface area contributed by atoms with Gasteiger partial charge in [-0.05, 0) is 75.8 Å². The molecule has 3 nitrogen and oxygen atoms in total. The topological polar surface area (TPSA) is 27.1 Å². The molecule has 1 saturated heterocycles. The van der Waals surface area contributed by atoms with Crippen LogP contribution < -0.4 is 0 Å². The lowest BCUT2D eigenvalue weighted by atomic mass is 10.1. The zero-order chi connectivity index (χ0) is 13.4. The van der Waals surface area contributed by atoms with E-state index in [1.165, 1.54) is 26.5 Å². The van der Waals surface area contributed by atoms with E-state index in [4.69, 9.17) is 4.74 Å². The first-order chi connectivity index (χ1) is 9.22. The fourth-order valence-corrected chi connectivity index (χ4v) is 3.96. The normalized spacial score (nSPS) is 20.1. The summed E-state index contributed by atoms with van der Waals surface area (Å²) in [5, 5.41) is 5.73. The van der Waals surface area contributed by atoms with Crippen molar-refractivity contribution >= 4 is 49.4 Å². The lowest BCUT2D eigenvalue weighted by Gasteiger charge is -2.23. The summed E-state index contributed by atoms with van der Waals surface area (Å²) in [6, 6.07) is 2.26. The third-order valence-corrected chi connectivity index (χ3v) is 6.46. The van der Waals surface area contributed by atoms with E-state index in [0.29, 0.717) is 0 Å². The largest absolute Gasteiger partial charge is 0.356 e. The first-order valence-corrected chi connectivity index (χ1v) is 8.55. The van der Waals surface area contributed by atoms with Crippen molar-refractivity contribution in [3.8, 4) is 0 Å². The summed E-state index contributed by atoms with van der Waals surface area (Å²) in [6.45, 7) is 3.03. The van der Waals surface area contributed by atoms with E-state index in [1.54, 1.807) is 0 Å². The quantitative estimate of drug-likeness (QED) is 0.642. The summed E-state index contributed by atoms with van der Waals surface area (Å²) < 4.78 is 10.4. The highest BCUT2D eigenvalue weighted by molar-refractivity contribution is 14.1. The summed E-state index contributed by atoms with van der Waals surface area (Å²) in [4.78, 5) is 0. The minimum absolute atomic E-state index is 0.0999. The number of ether oxygens (including phenoxy) is 1. The molecule has 2 heterocycles. The van der Waals surface area contributed by atoms with E-state index in [-0.39, 0.29) is 6.23 Å². The van der Waals surface area contributed by atoms with E-state index < -0.39 is 0 Å². The Hall–Kier alpha value is -0.140. The third-order valence-electron chi connectivity index (χ3n) is 3.67. The maximum Gasteiger partial charge on any atom is 0.150 e. The predicted octanol–water partition coefficient (Wildman–Crippen LogP) is 4.66. The highest BCUT2D eigenvalue weighted by Crippen LogP contribution is 2.34. The number of fused-ring (bicyclic) bond motifs is 1. The first-order valence-electron chi connectivity index (χ1n) is 6.68. The average molecular weight is 435 g/mol. The van der Waals surface area contributed by atoms with Crippen molar-refractivity contribution in [2.75, 3.05) is 6.61 Å². The SMILES string of the molecule is CCc1cc2c(cnn2C2CCCCO2)c(Br)c1I. The molecule has 0 spiro atoms. The van der Waals surface area contributed by atoms with E-state index >= 15 is 0 Å². The number of nitrogens with zero attached hydrogens (tertiary/aromatic N) is 2. The van der Waals surface area contributed by atoms with Crippen molar-refractivity contribution in [3.63, 3.8) is 0 Å². The minimum Gasteiger partial charge on any atom is -0.356 e. The molecule has 19 heavy (non-hydrogen) atoms. The zero-order valence-corrected chi connectivity index (χ0v) is 14.6. The fraction of sp³-hybridized carbons (Fsp3) is 0.500. The van der Waals surface area contributed by atoms with Gasteiger partial charge in [0.15, 0.2) is 6.23 Å². The highest BCUT2D eigenvalue weighted by atomic mass is 127. The van der Waals surface area contributed by atoms with Crippen LogP contribution in [0.2, 0.25) is 0 Å². The lowest BCUT2D eigenvalue weighted by molar-refractivity contribution is -0.0366. The lowest BCUT2D eigenvalue weighted by Crippen LogP contribution is -2.19. The fourth-order valence-electron chi connectivity index (χ4n) is 2.58. The smallest absolute Gasteiger partial charge is 0.150 e. The summed E-state index contributed by atoms with van der Waals surface area (Å²) in [5.41, 5.74) is 2.54. The van der Waals surface area contributed by atoms with Gasteiger partial charge in [0.2, 0.25) is 0 Å². The van der Waals surface area contributed by atoms with Crippen LogP contribution in [0.1, 0.15) is 38.0 Å². The van der Waals surface area contributed by atoms with Crippen molar-refractivity contribution in [1.82, 2.24) is 9.78 Å². The number of halogens is 2. The Bertz CT molecular complexity index is 605. The van der Waals surface area contributed by atoms with E-state index in [0.717, 1.165) is 30.3 Å². The van der Waals surface area contributed by atoms with Crippen molar-refractivity contribution in [1.29, 1.82) is 0 Å². The van der Waals surface area contributed by atoms with Gasteiger partial charge in [-0.1, -0.05) is 6.92 Å². The van der Waals surface area contributed by atoms with E-state index in [1.807, 2.05) is 6.20 Å². The Morgan fingerprint density at radius 3 is 3.05 bits per heavy atom. The van der Waals surface area contributed by atoms with Gasteiger partial charge in [0, 0.05) is 20.0 Å². The minimum atomic E-state index is 0.0999. The molecule has 0 radical (unpaired) electrons. The molecule has 1 aliphatic rings. The Labute approximate surface area is 135 Å². The van der Waals surface area contributed by atoms with Crippen LogP contribution in [0.3, 0.4) is 0 Å². The number of rotatable bonds is 2. The van der Waals surface area contributed by atoms with Gasteiger partial charge in [-0.2, -0.15) is 5.10 Å². The van der Waals surface area contributed by atoms with Gasteiger partial charge in [-0.3, -0.25) is 0 Å². The number of hydrogen-bond acceptors (Lipinski definition) is 2. The van der Waals surface area contributed by atoms with Crippen molar-refractivity contribution < 1.29 is 4.74 Å². The summed E-state index contributed by atoms with van der Waals surface area (Å²) in [5.74, 6) is 0. The molecule has 0 aliphatic carbocycles. The number of aromatic nitrogens is 2. The summed E-state index contributed by atoms with van der Waals surface area (Å²) in [6.07, 6.45) is 6.52. The molecule has 0 N–H and O–H groups in total. The molecule has 1 fully saturated rings. The highest BCUT2D eigenvalue weighted by Gasteiger charge is 2.20. The molecule has 1 aromatic carbocycles. The molecule has 0 amide bonds. The second kappa shape index (κ2) is 5.69. The Balaban J connectivity index is 2.13. The molecule has 3 rings (SSSR count). The molecule has 0 bridgehead atoms. The monoisotopic (exact) mass is 434 g/mol. The van der Waals surface area contributed by atoms with Crippen molar-refractivity contribution in [2.24, 2.45) is 0 Å².